The molecular formula is C20H27NO. The summed E-state index contributed by atoms with van der Waals surface area (Å²) in [4.78, 5) is 0. The van der Waals surface area contributed by atoms with Crippen LogP contribution in [-0.4, -0.2) is 0 Å². The lowest BCUT2D eigenvalue weighted by molar-refractivity contribution is 0.444. The van der Waals surface area contributed by atoms with Crippen molar-refractivity contribution >= 4 is 5.69 Å². The van der Waals surface area contributed by atoms with Crippen LogP contribution in [0.1, 0.15) is 74.5 Å². The van der Waals surface area contributed by atoms with Crippen LogP contribution in [0.2, 0.25) is 0 Å². The van der Waals surface area contributed by atoms with Gasteiger partial charge in [-0.15, -0.1) is 0 Å². The smallest absolute Gasteiger partial charge is 0.0952 e. The van der Waals surface area contributed by atoms with Gasteiger partial charge in [-0.1, -0.05) is 45.2 Å². The van der Waals surface area contributed by atoms with Gasteiger partial charge < -0.3 is 9.73 Å². The summed E-state index contributed by atoms with van der Waals surface area (Å²) in [6.07, 6.45) is 10.4. The quantitative estimate of drug-likeness (QED) is 0.725. The molecule has 0 saturated heterocycles. The minimum absolute atomic E-state index is 0.588. The maximum Gasteiger partial charge on any atom is 0.0952 e. The third-order valence-corrected chi connectivity index (χ3v) is 4.85. The van der Waals surface area contributed by atoms with E-state index in [-0.39, 0.29) is 0 Å². The van der Waals surface area contributed by atoms with Crippen molar-refractivity contribution in [2.24, 2.45) is 0 Å². The molecule has 0 aliphatic heterocycles. The number of anilines is 1. The van der Waals surface area contributed by atoms with Crippen molar-refractivity contribution in [3.8, 4) is 0 Å². The van der Waals surface area contributed by atoms with Crippen molar-refractivity contribution in [3.05, 3.63) is 53.5 Å². The van der Waals surface area contributed by atoms with Gasteiger partial charge in [0.1, 0.15) is 0 Å². The first kappa shape index (κ1) is 15.2. The lowest BCUT2D eigenvalue weighted by atomic mass is 9.82. The van der Waals surface area contributed by atoms with E-state index in [1.165, 1.54) is 54.5 Å². The number of hydrogen-bond donors (Lipinski definition) is 1. The molecule has 0 unspecified atom stereocenters. The lowest BCUT2D eigenvalue weighted by Crippen LogP contribution is -2.10. The summed E-state index contributed by atoms with van der Waals surface area (Å²) >= 11 is 0. The van der Waals surface area contributed by atoms with Gasteiger partial charge in [-0.3, -0.25) is 0 Å². The Morgan fingerprint density at radius 2 is 1.95 bits per heavy atom. The first-order valence-corrected chi connectivity index (χ1v) is 8.63. The molecule has 118 valence electrons. The molecule has 2 nitrogen and oxygen atoms in total. The van der Waals surface area contributed by atoms with Crippen LogP contribution in [0.15, 0.2) is 41.2 Å². The Morgan fingerprint density at radius 1 is 1.14 bits per heavy atom. The van der Waals surface area contributed by atoms with E-state index in [1.807, 2.05) is 12.3 Å². The molecule has 1 aliphatic rings. The second-order valence-electron chi connectivity index (χ2n) is 6.82. The fourth-order valence-corrected chi connectivity index (χ4v) is 3.44. The van der Waals surface area contributed by atoms with Crippen LogP contribution in [0, 0.1) is 0 Å². The first-order chi connectivity index (χ1) is 10.7. The molecule has 0 bridgehead atoms. The van der Waals surface area contributed by atoms with E-state index in [2.05, 4.69) is 37.4 Å². The Balaban J connectivity index is 1.83. The standard InChI is InChI=1S/C20H27NO/c1-15(2)18-8-9-20(21-13-16-10-11-22-14-16)19(12-18)17-6-4-3-5-7-17/h8-12,14-15,17,21H,3-7,13H2,1-2H3. The molecule has 1 N–H and O–H groups in total. The predicted molar refractivity (Wildman–Crippen MR) is 92.4 cm³/mol. The highest BCUT2D eigenvalue weighted by atomic mass is 16.3. The van der Waals surface area contributed by atoms with E-state index in [0.29, 0.717) is 5.92 Å². The Kier molecular flexibility index (Phi) is 4.87. The average Bonchev–Trinajstić information content (AvgIpc) is 3.07. The predicted octanol–water partition coefficient (Wildman–Crippen LogP) is 6.06. The highest BCUT2D eigenvalue weighted by Gasteiger charge is 2.19. The molecule has 1 fully saturated rings. The lowest BCUT2D eigenvalue weighted by Gasteiger charge is -2.26. The molecule has 1 heterocycles. The molecule has 2 heteroatoms. The van der Waals surface area contributed by atoms with Gasteiger partial charge in [0, 0.05) is 17.8 Å². The Morgan fingerprint density at radius 3 is 2.64 bits per heavy atom. The Labute approximate surface area is 133 Å². The van der Waals surface area contributed by atoms with Gasteiger partial charge in [0.25, 0.3) is 0 Å². The Bertz CT molecular complexity index is 580. The highest BCUT2D eigenvalue weighted by Crippen LogP contribution is 2.38. The minimum atomic E-state index is 0.588. The van der Waals surface area contributed by atoms with Crippen molar-refractivity contribution < 1.29 is 4.42 Å². The average molecular weight is 297 g/mol. The zero-order valence-electron chi connectivity index (χ0n) is 13.8. The summed E-state index contributed by atoms with van der Waals surface area (Å²) in [7, 11) is 0. The zero-order valence-corrected chi connectivity index (χ0v) is 13.8. The molecule has 0 spiro atoms. The van der Waals surface area contributed by atoms with Crippen molar-refractivity contribution in [3.63, 3.8) is 0 Å². The van der Waals surface area contributed by atoms with Crippen LogP contribution in [-0.2, 0) is 6.54 Å². The summed E-state index contributed by atoms with van der Waals surface area (Å²) < 4.78 is 5.16. The van der Waals surface area contributed by atoms with E-state index in [9.17, 15) is 0 Å². The second kappa shape index (κ2) is 7.04. The van der Waals surface area contributed by atoms with E-state index < -0.39 is 0 Å². The summed E-state index contributed by atoms with van der Waals surface area (Å²) in [5, 5.41) is 3.62. The van der Waals surface area contributed by atoms with Crippen LogP contribution >= 0.6 is 0 Å². The van der Waals surface area contributed by atoms with Gasteiger partial charge in [-0.25, -0.2) is 0 Å². The summed E-state index contributed by atoms with van der Waals surface area (Å²) in [5.41, 5.74) is 5.48. The van der Waals surface area contributed by atoms with Crippen molar-refractivity contribution in [2.45, 2.75) is 64.3 Å². The van der Waals surface area contributed by atoms with Crippen LogP contribution < -0.4 is 5.32 Å². The molecule has 22 heavy (non-hydrogen) atoms. The summed E-state index contributed by atoms with van der Waals surface area (Å²) in [6, 6.07) is 9.02. The fraction of sp³-hybridized carbons (Fsp3) is 0.500. The van der Waals surface area contributed by atoms with Crippen LogP contribution in [0.3, 0.4) is 0 Å². The van der Waals surface area contributed by atoms with E-state index in [0.717, 1.165) is 12.5 Å². The molecule has 1 aromatic heterocycles. The minimum Gasteiger partial charge on any atom is -0.472 e. The summed E-state index contributed by atoms with van der Waals surface area (Å²) in [6.45, 7) is 5.38. The summed E-state index contributed by atoms with van der Waals surface area (Å²) in [5.74, 6) is 1.31. The van der Waals surface area contributed by atoms with Crippen molar-refractivity contribution in [2.75, 3.05) is 5.32 Å². The van der Waals surface area contributed by atoms with Crippen LogP contribution in [0.4, 0.5) is 5.69 Å². The largest absolute Gasteiger partial charge is 0.472 e. The van der Waals surface area contributed by atoms with Gasteiger partial charge in [0.15, 0.2) is 0 Å². The number of rotatable bonds is 5. The van der Waals surface area contributed by atoms with Crippen molar-refractivity contribution in [1.82, 2.24) is 0 Å². The fourth-order valence-electron chi connectivity index (χ4n) is 3.44. The molecule has 1 saturated carbocycles. The molecule has 0 radical (unpaired) electrons. The second-order valence-corrected chi connectivity index (χ2v) is 6.82. The van der Waals surface area contributed by atoms with Crippen LogP contribution in [0.25, 0.3) is 0 Å². The maximum atomic E-state index is 5.16. The molecule has 0 amide bonds. The van der Waals surface area contributed by atoms with E-state index >= 15 is 0 Å². The highest BCUT2D eigenvalue weighted by molar-refractivity contribution is 5.55. The monoisotopic (exact) mass is 297 g/mol. The van der Waals surface area contributed by atoms with Gasteiger partial charge in [-0.05, 0) is 47.9 Å². The number of furan rings is 1. The van der Waals surface area contributed by atoms with E-state index in [1.54, 1.807) is 6.26 Å². The molecule has 3 rings (SSSR count). The molecule has 1 aromatic carbocycles. The van der Waals surface area contributed by atoms with Gasteiger partial charge in [-0.2, -0.15) is 0 Å². The molecular weight excluding hydrogens is 270 g/mol. The van der Waals surface area contributed by atoms with E-state index in [4.69, 9.17) is 4.42 Å². The first-order valence-electron chi connectivity index (χ1n) is 8.63. The van der Waals surface area contributed by atoms with Gasteiger partial charge in [0.2, 0.25) is 0 Å². The third kappa shape index (κ3) is 3.55. The van der Waals surface area contributed by atoms with Gasteiger partial charge in [0.05, 0.1) is 12.5 Å². The molecule has 2 aromatic rings. The van der Waals surface area contributed by atoms with Gasteiger partial charge >= 0.3 is 0 Å². The maximum absolute atomic E-state index is 5.16. The zero-order chi connectivity index (χ0) is 15.4. The Hall–Kier alpha value is -1.70. The molecule has 0 atom stereocenters. The van der Waals surface area contributed by atoms with Crippen molar-refractivity contribution in [1.29, 1.82) is 0 Å². The molecule has 1 aliphatic carbocycles. The number of nitrogens with one attached hydrogen (secondary N) is 1. The topological polar surface area (TPSA) is 25.2 Å². The third-order valence-electron chi connectivity index (χ3n) is 4.85. The van der Waals surface area contributed by atoms with Crippen LogP contribution in [0.5, 0.6) is 0 Å². The number of benzene rings is 1. The SMILES string of the molecule is CC(C)c1ccc(NCc2ccoc2)c(C2CCCCC2)c1. The normalized spacial score (nSPS) is 16.1. The number of hydrogen-bond acceptors (Lipinski definition) is 2.